The van der Waals surface area contributed by atoms with E-state index in [1.807, 2.05) is 0 Å². The third kappa shape index (κ3) is 8.15. The minimum Gasteiger partial charge on any atom is -0.324 e. The molecule has 3 nitrogen and oxygen atoms in total. The minimum atomic E-state index is -3.83. The first-order valence-corrected chi connectivity index (χ1v) is 5.14. The monoisotopic (exact) mass is 165 g/mol. The van der Waals surface area contributed by atoms with E-state index in [4.69, 9.17) is 9.79 Å². The Morgan fingerprint density at radius 2 is 2.00 bits per heavy atom. The van der Waals surface area contributed by atoms with Crippen molar-refractivity contribution in [2.75, 3.05) is 0 Å². The molecule has 0 aliphatic heterocycles. The molecule has 0 amide bonds. The summed E-state index contributed by atoms with van der Waals surface area (Å²) in [5.41, 5.74) is 0. The van der Waals surface area contributed by atoms with Gasteiger partial charge in [0.05, 0.1) is 6.16 Å². The lowest BCUT2D eigenvalue weighted by Gasteiger charge is -2.00. The van der Waals surface area contributed by atoms with Crippen LogP contribution in [0.4, 0.5) is 0 Å². The van der Waals surface area contributed by atoms with Gasteiger partial charge < -0.3 is 9.79 Å². The summed E-state index contributed by atoms with van der Waals surface area (Å²) in [5.74, 6) is 0. The van der Waals surface area contributed by atoms with Gasteiger partial charge in [0.25, 0.3) is 0 Å². The summed E-state index contributed by atoms with van der Waals surface area (Å²) < 4.78 is 10.2. The zero-order valence-corrected chi connectivity index (χ0v) is 7.05. The number of hydrogen-bond acceptors (Lipinski definition) is 1. The molecule has 0 fully saturated rings. The van der Waals surface area contributed by atoms with Crippen LogP contribution < -0.4 is 0 Å². The van der Waals surface area contributed by atoms with Crippen molar-refractivity contribution in [2.24, 2.45) is 0 Å². The van der Waals surface area contributed by atoms with E-state index >= 15 is 0 Å². The topological polar surface area (TPSA) is 57.5 Å². The van der Waals surface area contributed by atoms with Gasteiger partial charge in [0.2, 0.25) is 0 Å². The van der Waals surface area contributed by atoms with Crippen molar-refractivity contribution >= 4 is 7.60 Å². The molecule has 0 aliphatic rings. The zero-order chi connectivity index (χ0) is 8.04. The Morgan fingerprint density at radius 1 is 1.40 bits per heavy atom. The van der Waals surface area contributed by atoms with Gasteiger partial charge in [0.1, 0.15) is 0 Å². The summed E-state index contributed by atoms with van der Waals surface area (Å²) in [6.45, 7) is 2.05. The van der Waals surface area contributed by atoms with Crippen molar-refractivity contribution in [3.63, 3.8) is 0 Å². The van der Waals surface area contributed by atoms with Crippen LogP contribution in [-0.2, 0) is 4.57 Å². The van der Waals surface area contributed by atoms with Crippen molar-refractivity contribution < 1.29 is 14.4 Å². The average Bonchev–Trinajstić information content (AvgIpc) is 1.78. The van der Waals surface area contributed by atoms with Crippen LogP contribution in [0.25, 0.3) is 0 Å². The highest BCUT2D eigenvalue weighted by molar-refractivity contribution is 7.54. The fourth-order valence-corrected chi connectivity index (χ4v) is 1.17. The molecule has 0 heterocycles. The molecule has 0 aliphatic carbocycles. The van der Waals surface area contributed by atoms with Crippen molar-refractivity contribution in [2.45, 2.75) is 32.6 Å². The van der Waals surface area contributed by atoms with Gasteiger partial charge in [-0.25, -0.2) is 0 Å². The summed E-state index contributed by atoms with van der Waals surface area (Å²) in [6.07, 6.45) is 4.61. The third-order valence-corrected chi connectivity index (χ3v) is 1.91. The molecule has 0 aromatic carbocycles. The normalized spacial score (nSPS) is 11.9. The molecular weight excluding hydrogens is 151 g/mol. The molecule has 0 aromatic heterocycles. The van der Waals surface area contributed by atoms with E-state index in [-0.39, 0.29) is 0 Å². The Hall–Kier alpha value is 0.150. The van der Waals surface area contributed by atoms with Gasteiger partial charge in [0, 0.05) is 0 Å². The van der Waals surface area contributed by atoms with Crippen LogP contribution in [0.1, 0.15) is 32.6 Å². The number of rotatable bonds is 5. The lowest BCUT2D eigenvalue weighted by atomic mass is 10.2. The molecule has 61 valence electrons. The second kappa shape index (κ2) is 4.89. The second-order valence-electron chi connectivity index (χ2n) is 2.27. The highest BCUT2D eigenvalue weighted by Gasteiger charge is 2.11. The van der Waals surface area contributed by atoms with Gasteiger partial charge in [-0.05, 0) is 6.42 Å². The summed E-state index contributed by atoms with van der Waals surface area (Å²) in [7, 11) is -3.83. The molecule has 0 atom stereocenters. The first kappa shape index (κ1) is 10.2. The largest absolute Gasteiger partial charge is 0.329 e. The average molecular weight is 165 g/mol. The molecule has 4 heteroatoms. The summed E-state index contributed by atoms with van der Waals surface area (Å²) in [6, 6.07) is 0. The van der Waals surface area contributed by atoms with Gasteiger partial charge in [-0.1, -0.05) is 26.2 Å². The molecule has 0 unspecified atom stereocenters. The predicted molar refractivity (Wildman–Crippen MR) is 40.5 cm³/mol. The van der Waals surface area contributed by atoms with Crippen LogP contribution >= 0.6 is 7.60 Å². The van der Waals surface area contributed by atoms with Crippen LogP contribution in [0.5, 0.6) is 0 Å². The van der Waals surface area contributed by atoms with Crippen LogP contribution in [-0.4, -0.2) is 9.79 Å². The summed E-state index contributed by atoms with van der Waals surface area (Å²) in [5, 5.41) is 0. The van der Waals surface area contributed by atoms with Crippen LogP contribution in [0.3, 0.4) is 0 Å². The van der Waals surface area contributed by atoms with Gasteiger partial charge in [-0.2, -0.15) is 0 Å². The molecule has 0 bridgehead atoms. The standard InChI is InChI=1S/C6H14O3P/c1-2-3-4-5-6-10(7,8)9/h6H,2-5H2,1H3,(H2,7,8,9). The maximum absolute atomic E-state index is 10.2. The van der Waals surface area contributed by atoms with Crippen LogP contribution in [0.2, 0.25) is 0 Å². The molecular formula is C6H14O3P. The lowest BCUT2D eigenvalue weighted by Crippen LogP contribution is -1.80. The number of unbranched alkanes of at least 4 members (excludes halogenated alkanes) is 3. The van der Waals surface area contributed by atoms with Gasteiger partial charge >= 0.3 is 7.60 Å². The van der Waals surface area contributed by atoms with E-state index in [2.05, 4.69) is 6.92 Å². The van der Waals surface area contributed by atoms with Crippen LogP contribution in [0, 0.1) is 6.16 Å². The molecule has 0 saturated heterocycles. The highest BCUT2D eigenvalue weighted by atomic mass is 31.2. The Balaban J connectivity index is 3.13. The Morgan fingerprint density at radius 3 is 2.40 bits per heavy atom. The lowest BCUT2D eigenvalue weighted by molar-refractivity contribution is 0.379. The SMILES string of the molecule is CCCCC[CH]P(=O)(O)O. The smallest absolute Gasteiger partial charge is 0.324 e. The van der Waals surface area contributed by atoms with E-state index in [1.54, 1.807) is 0 Å². The molecule has 10 heavy (non-hydrogen) atoms. The van der Waals surface area contributed by atoms with E-state index in [0.29, 0.717) is 6.42 Å². The van der Waals surface area contributed by atoms with E-state index in [9.17, 15) is 4.57 Å². The van der Waals surface area contributed by atoms with Gasteiger partial charge in [-0.3, -0.25) is 4.57 Å². The molecule has 2 N–H and O–H groups in total. The Kier molecular flexibility index (Phi) is 4.96. The predicted octanol–water partition coefficient (Wildman–Crippen LogP) is 1.91. The van der Waals surface area contributed by atoms with E-state index in [0.717, 1.165) is 25.4 Å². The molecule has 0 rings (SSSR count). The van der Waals surface area contributed by atoms with Gasteiger partial charge in [-0.15, -0.1) is 0 Å². The van der Waals surface area contributed by atoms with Crippen molar-refractivity contribution in [1.29, 1.82) is 0 Å². The molecule has 0 saturated carbocycles. The Bertz CT molecular complexity index is 118. The van der Waals surface area contributed by atoms with Crippen molar-refractivity contribution in [3.8, 4) is 0 Å². The van der Waals surface area contributed by atoms with Crippen molar-refractivity contribution in [3.05, 3.63) is 6.16 Å². The first-order chi connectivity index (χ1) is 4.56. The molecule has 0 spiro atoms. The zero-order valence-electron chi connectivity index (χ0n) is 6.16. The second-order valence-corrected chi connectivity index (χ2v) is 3.81. The fourth-order valence-electron chi connectivity index (χ4n) is 0.654. The highest BCUT2D eigenvalue weighted by Crippen LogP contribution is 2.40. The fraction of sp³-hybridized carbons (Fsp3) is 0.833. The summed E-state index contributed by atoms with van der Waals surface area (Å²) in [4.78, 5) is 16.7. The maximum atomic E-state index is 10.2. The number of hydrogen-bond donors (Lipinski definition) is 2. The third-order valence-electron chi connectivity index (χ3n) is 1.17. The van der Waals surface area contributed by atoms with Crippen LogP contribution in [0.15, 0.2) is 0 Å². The van der Waals surface area contributed by atoms with Gasteiger partial charge in [0.15, 0.2) is 0 Å². The van der Waals surface area contributed by atoms with E-state index in [1.165, 1.54) is 0 Å². The molecule has 0 aromatic rings. The first-order valence-electron chi connectivity index (χ1n) is 3.46. The molecule has 1 radical (unpaired) electrons. The maximum Gasteiger partial charge on any atom is 0.329 e. The van der Waals surface area contributed by atoms with Crippen molar-refractivity contribution in [1.82, 2.24) is 0 Å². The summed E-state index contributed by atoms with van der Waals surface area (Å²) >= 11 is 0. The van der Waals surface area contributed by atoms with E-state index < -0.39 is 7.60 Å². The minimum absolute atomic E-state index is 0.526. The Labute approximate surface area is 61.6 Å². The quantitative estimate of drug-likeness (QED) is 0.483.